The van der Waals surface area contributed by atoms with Gasteiger partial charge in [-0.3, -0.25) is 4.79 Å². The van der Waals surface area contributed by atoms with Crippen LogP contribution in [0.15, 0.2) is 42.6 Å². The first kappa shape index (κ1) is 15.8. The van der Waals surface area contributed by atoms with Gasteiger partial charge in [0.15, 0.2) is 5.65 Å². The Kier molecular flexibility index (Phi) is 4.33. The predicted octanol–water partition coefficient (Wildman–Crippen LogP) is 2.24. The van der Waals surface area contributed by atoms with Gasteiger partial charge in [0.05, 0.1) is 26.5 Å². The maximum atomic E-state index is 12.4. The van der Waals surface area contributed by atoms with Crippen LogP contribution in [0.25, 0.3) is 5.65 Å². The van der Waals surface area contributed by atoms with Crippen LogP contribution in [0.3, 0.4) is 0 Å². The van der Waals surface area contributed by atoms with Crippen LogP contribution < -0.4 is 14.8 Å². The van der Waals surface area contributed by atoms with Crippen LogP contribution in [0.5, 0.6) is 11.6 Å². The molecule has 0 unspecified atom stereocenters. The van der Waals surface area contributed by atoms with Gasteiger partial charge in [0.2, 0.25) is 5.88 Å². The van der Waals surface area contributed by atoms with Gasteiger partial charge in [-0.05, 0) is 30.7 Å². The molecule has 24 heavy (non-hydrogen) atoms. The molecule has 7 nitrogen and oxygen atoms in total. The Bertz CT molecular complexity index is 858. The van der Waals surface area contributed by atoms with Crippen molar-refractivity contribution < 1.29 is 14.3 Å². The second-order valence-electron chi connectivity index (χ2n) is 5.27. The summed E-state index contributed by atoms with van der Waals surface area (Å²) in [5, 5.41) is 7.12. The highest BCUT2D eigenvalue weighted by Gasteiger charge is 2.15. The van der Waals surface area contributed by atoms with Gasteiger partial charge < -0.3 is 14.8 Å². The molecular weight excluding hydrogens is 308 g/mol. The molecule has 1 atom stereocenters. The molecule has 2 aromatic heterocycles. The molecule has 1 N–H and O–H groups in total. The number of carbonyl (C=O) groups is 1. The number of benzene rings is 1. The van der Waals surface area contributed by atoms with Crippen molar-refractivity contribution in [1.82, 2.24) is 19.9 Å². The number of hydrogen-bond acceptors (Lipinski definition) is 5. The lowest BCUT2D eigenvalue weighted by molar-refractivity contribution is 0.0935. The Balaban J connectivity index is 1.75. The predicted molar refractivity (Wildman–Crippen MR) is 88.4 cm³/mol. The summed E-state index contributed by atoms with van der Waals surface area (Å²) in [4.78, 5) is 16.7. The summed E-state index contributed by atoms with van der Waals surface area (Å²) in [7, 11) is 3.15. The molecule has 7 heteroatoms. The minimum atomic E-state index is -0.261. The summed E-state index contributed by atoms with van der Waals surface area (Å²) in [6.07, 6.45) is 1.58. The summed E-state index contributed by atoms with van der Waals surface area (Å²) in [6, 6.07) is 10.8. The monoisotopic (exact) mass is 326 g/mol. The van der Waals surface area contributed by atoms with Gasteiger partial charge >= 0.3 is 0 Å². The van der Waals surface area contributed by atoms with Crippen molar-refractivity contribution in [2.75, 3.05) is 14.2 Å². The lowest BCUT2D eigenvalue weighted by Gasteiger charge is -2.13. The number of methoxy groups -OCH3 is 2. The minimum Gasteiger partial charge on any atom is -0.497 e. The molecule has 1 amide bonds. The quantitative estimate of drug-likeness (QED) is 0.778. The fourth-order valence-corrected chi connectivity index (χ4v) is 2.33. The molecular formula is C17H18N4O3. The van der Waals surface area contributed by atoms with Gasteiger partial charge in [0, 0.05) is 6.07 Å². The molecule has 0 aliphatic rings. The average molecular weight is 326 g/mol. The Hall–Kier alpha value is -3.09. The maximum absolute atomic E-state index is 12.4. The van der Waals surface area contributed by atoms with Gasteiger partial charge in [0.1, 0.15) is 11.4 Å². The van der Waals surface area contributed by atoms with Crippen LogP contribution in [-0.2, 0) is 0 Å². The first-order valence-corrected chi connectivity index (χ1v) is 7.46. The maximum Gasteiger partial charge on any atom is 0.272 e. The number of hydrogen-bond donors (Lipinski definition) is 1. The Morgan fingerprint density at radius 1 is 1.12 bits per heavy atom. The minimum absolute atomic E-state index is 0.157. The van der Waals surface area contributed by atoms with E-state index in [1.54, 1.807) is 25.4 Å². The number of amides is 1. The molecule has 124 valence electrons. The van der Waals surface area contributed by atoms with Crippen LogP contribution >= 0.6 is 0 Å². The van der Waals surface area contributed by atoms with Crippen molar-refractivity contribution in [3.8, 4) is 11.6 Å². The molecule has 0 radical (unpaired) electrons. The molecule has 0 saturated carbocycles. The highest BCUT2D eigenvalue weighted by Crippen LogP contribution is 2.18. The van der Waals surface area contributed by atoms with E-state index in [2.05, 4.69) is 15.4 Å². The Morgan fingerprint density at radius 3 is 2.54 bits per heavy atom. The lowest BCUT2D eigenvalue weighted by Crippen LogP contribution is -2.26. The van der Waals surface area contributed by atoms with Crippen molar-refractivity contribution in [3.05, 3.63) is 53.9 Å². The smallest absolute Gasteiger partial charge is 0.272 e. The zero-order valence-corrected chi connectivity index (χ0v) is 13.7. The standard InChI is InChI=1S/C17H18N4O3/c1-11(12-4-6-13(23-2)7-5-12)18-17(22)14-10-21-15(19-14)8-9-16(20-21)24-3/h4-11H,1-3H3,(H,18,22)/t11-/m1/s1. The first-order valence-electron chi connectivity index (χ1n) is 7.46. The van der Waals surface area contributed by atoms with E-state index in [1.807, 2.05) is 31.2 Å². The number of imidazole rings is 1. The third-order valence-corrected chi connectivity index (χ3v) is 3.70. The number of nitrogens with zero attached hydrogens (tertiary/aromatic N) is 3. The van der Waals surface area contributed by atoms with E-state index in [-0.39, 0.29) is 11.9 Å². The van der Waals surface area contributed by atoms with Gasteiger partial charge in [-0.15, -0.1) is 5.10 Å². The van der Waals surface area contributed by atoms with E-state index < -0.39 is 0 Å². The molecule has 0 bridgehead atoms. The van der Waals surface area contributed by atoms with Crippen molar-refractivity contribution >= 4 is 11.6 Å². The second-order valence-corrected chi connectivity index (χ2v) is 5.27. The largest absolute Gasteiger partial charge is 0.497 e. The Morgan fingerprint density at radius 2 is 1.88 bits per heavy atom. The number of fused-ring (bicyclic) bond motifs is 1. The molecule has 0 fully saturated rings. The fourth-order valence-electron chi connectivity index (χ4n) is 2.33. The number of rotatable bonds is 5. The fraction of sp³-hybridized carbons (Fsp3) is 0.235. The number of ether oxygens (including phenoxy) is 2. The number of carbonyl (C=O) groups excluding carboxylic acids is 1. The van der Waals surface area contributed by atoms with Crippen LogP contribution in [-0.4, -0.2) is 34.7 Å². The van der Waals surface area contributed by atoms with Gasteiger partial charge in [0.25, 0.3) is 5.91 Å². The van der Waals surface area contributed by atoms with Gasteiger partial charge in [-0.1, -0.05) is 12.1 Å². The van der Waals surface area contributed by atoms with Gasteiger partial charge in [-0.25, -0.2) is 9.50 Å². The summed E-state index contributed by atoms with van der Waals surface area (Å²) in [5.41, 5.74) is 1.86. The first-order chi connectivity index (χ1) is 11.6. The van der Waals surface area contributed by atoms with Crippen LogP contribution in [0.2, 0.25) is 0 Å². The van der Waals surface area contributed by atoms with Crippen molar-refractivity contribution in [2.24, 2.45) is 0 Å². The van der Waals surface area contributed by atoms with E-state index in [1.165, 1.54) is 11.6 Å². The summed E-state index contributed by atoms with van der Waals surface area (Å²) < 4.78 is 11.7. The summed E-state index contributed by atoms with van der Waals surface area (Å²) in [5.74, 6) is 0.971. The zero-order chi connectivity index (χ0) is 17.1. The summed E-state index contributed by atoms with van der Waals surface area (Å²) >= 11 is 0. The van der Waals surface area contributed by atoms with E-state index in [0.717, 1.165) is 11.3 Å². The normalized spacial score (nSPS) is 12.0. The number of aromatic nitrogens is 3. The third-order valence-electron chi connectivity index (χ3n) is 3.70. The van der Waals surface area contributed by atoms with Crippen molar-refractivity contribution in [1.29, 1.82) is 0 Å². The average Bonchev–Trinajstić information content (AvgIpc) is 3.05. The molecule has 0 aliphatic heterocycles. The van der Waals surface area contributed by atoms with Crippen molar-refractivity contribution in [3.63, 3.8) is 0 Å². The third kappa shape index (κ3) is 3.15. The van der Waals surface area contributed by atoms with E-state index >= 15 is 0 Å². The van der Waals surface area contributed by atoms with Crippen molar-refractivity contribution in [2.45, 2.75) is 13.0 Å². The molecule has 1 aromatic carbocycles. The highest BCUT2D eigenvalue weighted by atomic mass is 16.5. The number of nitrogens with one attached hydrogen (secondary N) is 1. The molecule has 3 aromatic rings. The van der Waals surface area contributed by atoms with E-state index in [0.29, 0.717) is 17.2 Å². The molecule has 0 aliphatic carbocycles. The second kappa shape index (κ2) is 6.57. The van der Waals surface area contributed by atoms with Gasteiger partial charge in [-0.2, -0.15) is 0 Å². The zero-order valence-electron chi connectivity index (χ0n) is 13.7. The van der Waals surface area contributed by atoms with E-state index in [9.17, 15) is 4.79 Å². The molecule has 3 rings (SSSR count). The van der Waals surface area contributed by atoms with Crippen LogP contribution in [0.1, 0.15) is 29.0 Å². The lowest BCUT2D eigenvalue weighted by atomic mass is 10.1. The summed E-state index contributed by atoms with van der Waals surface area (Å²) in [6.45, 7) is 1.91. The highest BCUT2D eigenvalue weighted by molar-refractivity contribution is 5.93. The molecule has 0 saturated heterocycles. The molecule has 2 heterocycles. The van der Waals surface area contributed by atoms with E-state index in [4.69, 9.17) is 9.47 Å². The molecule has 0 spiro atoms. The Labute approximate surface area is 139 Å². The van der Waals surface area contributed by atoms with Crippen LogP contribution in [0.4, 0.5) is 0 Å². The topological polar surface area (TPSA) is 77.8 Å². The SMILES string of the molecule is COc1ccc([C@@H](C)NC(=O)c2cn3nc(OC)ccc3n2)cc1. The van der Waals surface area contributed by atoms with Crippen LogP contribution in [0, 0.1) is 0 Å².